The molecule has 38 heavy (non-hydrogen) atoms. The molecule has 2 rings (SSSR count). The number of ether oxygens (including phenoxy) is 3. The lowest BCUT2D eigenvalue weighted by atomic mass is 10.1. The first-order chi connectivity index (χ1) is 18.2. The molecule has 1 heterocycles. The normalized spacial score (nSPS) is 10.5. The van der Waals surface area contributed by atoms with Gasteiger partial charge in [0.15, 0.2) is 30.0 Å². The predicted octanol–water partition coefficient (Wildman–Crippen LogP) is 3.43. The standard InChI is InChI=1S/C31H48N2O4.HI/c1-4-6-7-8-9-10-11-12-13-16-24-36-29-19-18-28(25-30(29)35-3)37-26-31(34)32-21-20-27-17-14-15-23-33(27)22-5-2;/h14-15,17-19,23,25H,4-13,16,20-22,24,26H2,1-3H3;1H. The minimum atomic E-state index is -0.141. The van der Waals surface area contributed by atoms with Gasteiger partial charge in [-0.25, -0.2) is 4.57 Å². The summed E-state index contributed by atoms with van der Waals surface area (Å²) < 4.78 is 19.3. The Labute approximate surface area is 247 Å². The lowest BCUT2D eigenvalue weighted by Gasteiger charge is -2.13. The van der Waals surface area contributed by atoms with Crippen LogP contribution in [0.3, 0.4) is 0 Å². The number of rotatable bonds is 21. The molecule has 0 aliphatic rings. The summed E-state index contributed by atoms with van der Waals surface area (Å²) in [6.45, 7) is 6.62. The van der Waals surface area contributed by atoms with Gasteiger partial charge in [0, 0.05) is 37.6 Å². The number of hydrogen-bond acceptors (Lipinski definition) is 4. The molecule has 0 bridgehead atoms. The molecular weight excluding hydrogens is 591 g/mol. The van der Waals surface area contributed by atoms with E-state index in [1.54, 1.807) is 13.2 Å². The number of unbranched alkanes of at least 4 members (excludes halogenated alkanes) is 9. The molecule has 0 unspecified atom stereocenters. The highest BCUT2D eigenvalue weighted by Gasteiger charge is 2.11. The molecule has 7 heteroatoms. The number of carbonyl (C=O) groups excluding carboxylic acids is 1. The van der Waals surface area contributed by atoms with Crippen LogP contribution in [0.4, 0.5) is 0 Å². The Balaban J connectivity index is 0.00000722. The van der Waals surface area contributed by atoms with Crippen LogP contribution in [-0.2, 0) is 17.8 Å². The molecule has 2 aromatic rings. The van der Waals surface area contributed by atoms with Gasteiger partial charge in [-0.05, 0) is 18.6 Å². The topological polar surface area (TPSA) is 60.7 Å². The van der Waals surface area contributed by atoms with Crippen LogP contribution in [0, 0.1) is 0 Å². The first kappa shape index (κ1) is 34.0. The van der Waals surface area contributed by atoms with Crippen LogP contribution in [0.2, 0.25) is 0 Å². The molecule has 0 fully saturated rings. The summed E-state index contributed by atoms with van der Waals surface area (Å²) in [7, 11) is 1.62. The van der Waals surface area contributed by atoms with Gasteiger partial charge >= 0.3 is 0 Å². The highest BCUT2D eigenvalue weighted by Crippen LogP contribution is 2.31. The zero-order valence-electron chi connectivity index (χ0n) is 23.8. The summed E-state index contributed by atoms with van der Waals surface area (Å²) in [6, 6.07) is 11.6. The quantitative estimate of drug-likeness (QED) is 0.129. The molecule has 0 radical (unpaired) electrons. The monoisotopic (exact) mass is 640 g/mol. The number of pyridine rings is 1. The van der Waals surface area contributed by atoms with Gasteiger partial charge in [-0.3, -0.25) is 4.79 Å². The second-order valence-electron chi connectivity index (χ2n) is 9.62. The van der Waals surface area contributed by atoms with Crippen molar-refractivity contribution in [3.63, 3.8) is 0 Å². The first-order valence-corrected chi connectivity index (χ1v) is 14.4. The lowest BCUT2D eigenvalue weighted by molar-refractivity contribution is -0.704. The summed E-state index contributed by atoms with van der Waals surface area (Å²) in [6.07, 6.45) is 16.9. The van der Waals surface area contributed by atoms with Crippen molar-refractivity contribution in [1.29, 1.82) is 0 Å². The van der Waals surface area contributed by atoms with Crippen molar-refractivity contribution in [3.05, 3.63) is 48.3 Å². The minimum absolute atomic E-state index is 0. The SMILES string of the molecule is CCCCCCCCCCCCOc1ccc(OCC(=O)NCCc2cccc[n+]2CCC)cc1OC.[I-]. The van der Waals surface area contributed by atoms with Gasteiger partial charge in [0.1, 0.15) is 12.3 Å². The molecule has 0 aliphatic heterocycles. The predicted molar refractivity (Wildman–Crippen MR) is 149 cm³/mol. The van der Waals surface area contributed by atoms with E-state index in [-0.39, 0.29) is 36.5 Å². The zero-order chi connectivity index (χ0) is 26.6. The van der Waals surface area contributed by atoms with E-state index in [9.17, 15) is 4.79 Å². The number of halogens is 1. The van der Waals surface area contributed by atoms with Gasteiger partial charge < -0.3 is 43.5 Å². The third-order valence-corrected chi connectivity index (χ3v) is 6.46. The molecule has 6 nitrogen and oxygen atoms in total. The fraction of sp³-hybridized carbons (Fsp3) is 0.613. The maximum atomic E-state index is 12.3. The molecule has 1 amide bonds. The van der Waals surface area contributed by atoms with Gasteiger partial charge in [-0.15, -0.1) is 0 Å². The van der Waals surface area contributed by atoms with Crippen LogP contribution in [-0.4, -0.2) is 32.8 Å². The Hall–Kier alpha value is -2.03. The van der Waals surface area contributed by atoms with Crippen LogP contribution < -0.4 is 48.1 Å². The number of benzene rings is 1. The Bertz CT molecular complexity index is 894. The van der Waals surface area contributed by atoms with Crippen LogP contribution >= 0.6 is 0 Å². The van der Waals surface area contributed by atoms with Crippen LogP contribution in [0.1, 0.15) is 90.2 Å². The summed E-state index contributed by atoms with van der Waals surface area (Å²) in [5.74, 6) is 1.77. The summed E-state index contributed by atoms with van der Waals surface area (Å²) >= 11 is 0. The maximum absolute atomic E-state index is 12.3. The maximum Gasteiger partial charge on any atom is 0.257 e. The number of amides is 1. The van der Waals surface area contributed by atoms with E-state index in [1.165, 1.54) is 63.5 Å². The van der Waals surface area contributed by atoms with Crippen LogP contribution in [0.5, 0.6) is 17.2 Å². The van der Waals surface area contributed by atoms with E-state index in [0.717, 1.165) is 25.8 Å². The third kappa shape index (κ3) is 14.2. The largest absolute Gasteiger partial charge is 1.00 e. The molecule has 1 aromatic heterocycles. The summed E-state index contributed by atoms with van der Waals surface area (Å²) in [5, 5.41) is 2.94. The van der Waals surface area contributed by atoms with Crippen LogP contribution in [0.15, 0.2) is 42.6 Å². The fourth-order valence-electron chi connectivity index (χ4n) is 4.36. The van der Waals surface area contributed by atoms with Crippen molar-refractivity contribution in [2.75, 3.05) is 26.9 Å². The van der Waals surface area contributed by atoms with Crippen molar-refractivity contribution in [2.24, 2.45) is 0 Å². The molecule has 0 aliphatic carbocycles. The van der Waals surface area contributed by atoms with Crippen LogP contribution in [0.25, 0.3) is 0 Å². The van der Waals surface area contributed by atoms with Gasteiger partial charge in [-0.2, -0.15) is 0 Å². The van der Waals surface area contributed by atoms with Crippen molar-refractivity contribution >= 4 is 5.91 Å². The smallest absolute Gasteiger partial charge is 0.257 e. The van der Waals surface area contributed by atoms with E-state index in [1.807, 2.05) is 24.3 Å². The number of hydrogen-bond donors (Lipinski definition) is 1. The average molecular weight is 641 g/mol. The van der Waals surface area contributed by atoms with Crippen molar-refractivity contribution in [1.82, 2.24) is 5.32 Å². The lowest BCUT2D eigenvalue weighted by Crippen LogP contribution is -3.00. The van der Waals surface area contributed by atoms with Gasteiger partial charge in [-0.1, -0.05) is 77.7 Å². The number of carbonyl (C=O) groups is 1. The number of aromatic nitrogens is 1. The minimum Gasteiger partial charge on any atom is -1.00 e. The number of methoxy groups -OCH3 is 1. The highest BCUT2D eigenvalue weighted by atomic mass is 127. The van der Waals surface area contributed by atoms with E-state index >= 15 is 0 Å². The first-order valence-electron chi connectivity index (χ1n) is 14.4. The van der Waals surface area contributed by atoms with E-state index in [0.29, 0.717) is 30.4 Å². The average Bonchev–Trinajstić information content (AvgIpc) is 2.92. The Kier molecular flexibility index (Phi) is 19.6. The zero-order valence-corrected chi connectivity index (χ0v) is 26.0. The van der Waals surface area contributed by atoms with Crippen molar-refractivity contribution in [2.45, 2.75) is 97.4 Å². The molecule has 214 valence electrons. The molecule has 1 aromatic carbocycles. The number of aryl methyl sites for hydroxylation is 1. The Morgan fingerprint density at radius 3 is 2.24 bits per heavy atom. The molecule has 1 N–H and O–H groups in total. The molecule has 0 saturated heterocycles. The number of nitrogens with zero attached hydrogens (tertiary/aromatic N) is 1. The fourth-order valence-corrected chi connectivity index (χ4v) is 4.36. The Morgan fingerprint density at radius 2 is 1.55 bits per heavy atom. The molecule has 0 atom stereocenters. The molecule has 0 spiro atoms. The van der Waals surface area contributed by atoms with Gasteiger partial charge in [0.2, 0.25) is 0 Å². The van der Waals surface area contributed by atoms with E-state index in [4.69, 9.17) is 14.2 Å². The Morgan fingerprint density at radius 1 is 0.842 bits per heavy atom. The van der Waals surface area contributed by atoms with Crippen molar-refractivity contribution < 1.29 is 47.5 Å². The summed E-state index contributed by atoms with van der Waals surface area (Å²) in [5.41, 5.74) is 1.21. The van der Waals surface area contributed by atoms with Gasteiger partial charge in [0.25, 0.3) is 5.91 Å². The van der Waals surface area contributed by atoms with E-state index < -0.39 is 0 Å². The van der Waals surface area contributed by atoms with E-state index in [2.05, 4.69) is 36.0 Å². The molecular formula is C31H49IN2O4. The summed E-state index contributed by atoms with van der Waals surface area (Å²) in [4.78, 5) is 12.3. The second kappa shape index (κ2) is 21.9. The highest BCUT2D eigenvalue weighted by molar-refractivity contribution is 5.77. The number of nitrogens with one attached hydrogen (secondary N) is 1. The third-order valence-electron chi connectivity index (χ3n) is 6.46. The second-order valence-corrected chi connectivity index (χ2v) is 9.62. The molecule has 0 saturated carbocycles. The van der Waals surface area contributed by atoms with Crippen molar-refractivity contribution in [3.8, 4) is 17.2 Å². The van der Waals surface area contributed by atoms with Gasteiger partial charge in [0.05, 0.1) is 13.7 Å².